The Morgan fingerprint density at radius 1 is 0.667 bits per heavy atom. The Bertz CT molecular complexity index is 166. The molecule has 0 aliphatic heterocycles. The van der Waals surface area contributed by atoms with E-state index in [0.717, 1.165) is 0 Å². The van der Waals surface area contributed by atoms with E-state index in [0.29, 0.717) is 6.42 Å². The van der Waals surface area contributed by atoms with Gasteiger partial charge in [0.05, 0.1) is 0 Å². The van der Waals surface area contributed by atoms with E-state index in [1.807, 2.05) is 27.7 Å². The van der Waals surface area contributed by atoms with Gasteiger partial charge in [0.2, 0.25) is 0 Å². The van der Waals surface area contributed by atoms with E-state index in [-0.39, 0.29) is 30.4 Å². The highest BCUT2D eigenvalue weighted by Gasteiger charge is 2.43. The topological polar surface area (TPSA) is 79.7 Å². The predicted octanol–water partition coefficient (Wildman–Crippen LogP) is 1.14. The smallest absolute Gasteiger partial charge is 0.112 e. The minimum Gasteiger partial charge on any atom is -0.377 e. The first-order valence-electron chi connectivity index (χ1n) is 6.75. The molecule has 18 heavy (non-hydrogen) atoms. The van der Waals surface area contributed by atoms with E-state index < -0.39 is 0 Å². The Morgan fingerprint density at radius 2 is 0.944 bits per heavy atom. The lowest BCUT2D eigenvalue weighted by Crippen LogP contribution is -2.62. The van der Waals surface area contributed by atoms with Crippen LogP contribution >= 0.6 is 0 Å². The van der Waals surface area contributed by atoms with E-state index in [9.17, 15) is 0 Å². The first kappa shape index (κ1) is 20.1. The summed E-state index contributed by atoms with van der Waals surface area (Å²) in [7, 11) is 4.87. The molecule has 0 spiro atoms. The number of methoxy groups -OCH3 is 3. The van der Waals surface area contributed by atoms with Crippen LogP contribution in [0.1, 0.15) is 34.1 Å². The van der Waals surface area contributed by atoms with Crippen molar-refractivity contribution in [1.29, 1.82) is 0 Å². The van der Waals surface area contributed by atoms with Crippen LogP contribution in [-0.4, -0.2) is 51.7 Å². The van der Waals surface area contributed by atoms with Gasteiger partial charge in [-0.3, -0.25) is 0 Å². The number of rotatable bonds is 3. The third-order valence-electron chi connectivity index (χ3n) is 2.85. The summed E-state index contributed by atoms with van der Waals surface area (Å²) in [5, 5.41) is 0. The van der Waals surface area contributed by atoms with E-state index in [4.69, 9.17) is 25.7 Å². The van der Waals surface area contributed by atoms with Gasteiger partial charge in [0, 0.05) is 33.4 Å². The lowest BCUT2D eigenvalue weighted by molar-refractivity contribution is -0.141. The van der Waals surface area contributed by atoms with Crippen molar-refractivity contribution < 1.29 is 14.2 Å². The van der Waals surface area contributed by atoms with Crippen molar-refractivity contribution in [2.24, 2.45) is 11.5 Å². The van der Waals surface area contributed by atoms with Crippen LogP contribution in [0, 0.1) is 0 Å². The van der Waals surface area contributed by atoms with Crippen molar-refractivity contribution in [2.45, 2.75) is 64.5 Å². The van der Waals surface area contributed by atoms with Crippen LogP contribution in [0.5, 0.6) is 0 Å². The average Bonchev–Trinajstić information content (AvgIpc) is 2.42. The molecule has 5 atom stereocenters. The molecule has 1 unspecified atom stereocenters. The maximum atomic E-state index is 5.92. The Kier molecular flexibility index (Phi) is 13.3. The first-order chi connectivity index (χ1) is 8.65. The first-order valence-corrected chi connectivity index (χ1v) is 6.75. The molecule has 0 amide bonds. The average molecular weight is 264 g/mol. The van der Waals surface area contributed by atoms with E-state index in [1.165, 1.54) is 0 Å². The Hall–Kier alpha value is -0.200. The van der Waals surface area contributed by atoms with Crippen molar-refractivity contribution in [1.82, 2.24) is 0 Å². The summed E-state index contributed by atoms with van der Waals surface area (Å²) in [5.74, 6) is 0. The van der Waals surface area contributed by atoms with Gasteiger partial charge in [0.1, 0.15) is 18.3 Å². The molecule has 0 aromatic carbocycles. The summed E-state index contributed by atoms with van der Waals surface area (Å²) in [6.07, 6.45) is 0.204. The standard InChI is InChI=1S/C9H20N2O3.2C2H6/c1-12-7-5(10)4-6(11)8(13-2)9(7)14-3;2*1-2/h5-9H,4,10-11H2,1-3H3;2*1-2H3/t5-,6+,7+,8-,9?;;. The van der Waals surface area contributed by atoms with Crippen LogP contribution in [0.3, 0.4) is 0 Å². The maximum absolute atomic E-state index is 5.92. The minimum absolute atomic E-state index is 0.0913. The van der Waals surface area contributed by atoms with E-state index in [1.54, 1.807) is 21.3 Å². The van der Waals surface area contributed by atoms with Crippen LogP contribution in [0.4, 0.5) is 0 Å². The quantitative estimate of drug-likeness (QED) is 0.799. The van der Waals surface area contributed by atoms with Crippen LogP contribution in [0.25, 0.3) is 0 Å². The van der Waals surface area contributed by atoms with Gasteiger partial charge < -0.3 is 25.7 Å². The summed E-state index contributed by atoms with van der Waals surface area (Å²) in [4.78, 5) is 0. The fraction of sp³-hybridized carbons (Fsp3) is 1.00. The lowest BCUT2D eigenvalue weighted by Gasteiger charge is -2.42. The summed E-state index contributed by atoms with van der Waals surface area (Å²) in [5.41, 5.74) is 11.8. The van der Waals surface area contributed by atoms with Gasteiger partial charge >= 0.3 is 0 Å². The highest BCUT2D eigenvalue weighted by atomic mass is 16.6. The third kappa shape index (κ3) is 5.20. The normalized spacial score (nSPS) is 34.8. The van der Waals surface area contributed by atoms with Crippen molar-refractivity contribution >= 4 is 0 Å². The van der Waals surface area contributed by atoms with Crippen molar-refractivity contribution in [3.8, 4) is 0 Å². The number of ether oxygens (including phenoxy) is 3. The molecule has 1 rings (SSSR count). The highest BCUT2D eigenvalue weighted by Crippen LogP contribution is 2.24. The molecule has 5 heteroatoms. The summed E-state index contributed by atoms with van der Waals surface area (Å²) < 4.78 is 15.9. The second kappa shape index (κ2) is 11.9. The fourth-order valence-corrected chi connectivity index (χ4v) is 2.14. The molecule has 0 radical (unpaired) electrons. The molecule has 1 aliphatic rings. The highest BCUT2D eigenvalue weighted by molar-refractivity contribution is 4.98. The molecule has 0 aromatic rings. The van der Waals surface area contributed by atoms with Crippen molar-refractivity contribution in [3.63, 3.8) is 0 Å². The second-order valence-corrected chi connectivity index (χ2v) is 3.66. The van der Waals surface area contributed by atoms with Gasteiger partial charge in [0.25, 0.3) is 0 Å². The SMILES string of the molecule is CC.CC.COC1[C@@H](OC)[C@H](N)C[C@H](N)[C@H]1OC. The fourth-order valence-electron chi connectivity index (χ4n) is 2.14. The van der Waals surface area contributed by atoms with E-state index >= 15 is 0 Å². The number of hydrogen-bond acceptors (Lipinski definition) is 5. The molecule has 0 heterocycles. The van der Waals surface area contributed by atoms with Crippen LogP contribution in [-0.2, 0) is 14.2 Å². The molecule has 1 fully saturated rings. The van der Waals surface area contributed by atoms with Crippen molar-refractivity contribution in [2.75, 3.05) is 21.3 Å². The Labute approximate surface area is 112 Å². The molecule has 0 aromatic heterocycles. The van der Waals surface area contributed by atoms with Gasteiger partial charge in [-0.05, 0) is 6.42 Å². The third-order valence-corrected chi connectivity index (χ3v) is 2.85. The molecule has 0 bridgehead atoms. The minimum atomic E-state index is -0.191. The molecular formula is C13H32N2O3. The molecule has 112 valence electrons. The molecule has 1 aliphatic carbocycles. The summed E-state index contributed by atoms with van der Waals surface area (Å²) >= 11 is 0. The van der Waals surface area contributed by atoms with Gasteiger partial charge in [-0.15, -0.1) is 0 Å². The Morgan fingerprint density at radius 3 is 1.17 bits per heavy atom. The maximum Gasteiger partial charge on any atom is 0.112 e. The zero-order chi connectivity index (χ0) is 14.7. The van der Waals surface area contributed by atoms with Crippen molar-refractivity contribution in [3.05, 3.63) is 0 Å². The second-order valence-electron chi connectivity index (χ2n) is 3.66. The van der Waals surface area contributed by atoms with Crippen LogP contribution in [0.2, 0.25) is 0 Å². The largest absolute Gasteiger partial charge is 0.377 e. The molecule has 5 nitrogen and oxygen atoms in total. The van der Waals surface area contributed by atoms with Gasteiger partial charge in [0.15, 0.2) is 0 Å². The summed E-state index contributed by atoms with van der Waals surface area (Å²) in [6, 6.07) is -0.183. The Balaban J connectivity index is 0. The molecule has 4 N–H and O–H groups in total. The lowest BCUT2D eigenvalue weighted by atomic mass is 9.84. The van der Waals surface area contributed by atoms with Gasteiger partial charge in [-0.25, -0.2) is 0 Å². The van der Waals surface area contributed by atoms with E-state index in [2.05, 4.69) is 0 Å². The molecular weight excluding hydrogens is 232 g/mol. The number of nitrogens with two attached hydrogens (primary N) is 2. The zero-order valence-corrected chi connectivity index (χ0v) is 13.0. The summed E-state index contributed by atoms with van der Waals surface area (Å²) in [6.45, 7) is 8.00. The van der Waals surface area contributed by atoms with Crippen LogP contribution in [0.15, 0.2) is 0 Å². The van der Waals surface area contributed by atoms with Gasteiger partial charge in [-0.1, -0.05) is 27.7 Å². The monoisotopic (exact) mass is 264 g/mol. The molecule has 0 saturated heterocycles. The molecule has 1 saturated carbocycles. The van der Waals surface area contributed by atoms with Crippen LogP contribution < -0.4 is 11.5 Å². The predicted molar refractivity (Wildman–Crippen MR) is 75.7 cm³/mol. The van der Waals surface area contributed by atoms with Gasteiger partial charge in [-0.2, -0.15) is 0 Å². The zero-order valence-electron chi connectivity index (χ0n) is 13.0. The number of hydrogen-bond donors (Lipinski definition) is 2.